The van der Waals surface area contributed by atoms with E-state index in [9.17, 15) is 22.8 Å². The SMILES string of the molecule is CC(=O)NNC(=O)CSc1nc(C(F)(F)F)nc2ccccc12. The zero-order chi connectivity index (χ0) is 17.0. The molecule has 0 unspecified atom stereocenters. The Kier molecular flexibility index (Phi) is 5.04. The number of carbonyl (C=O) groups is 2. The van der Waals surface area contributed by atoms with Crippen LogP contribution in [0.2, 0.25) is 0 Å². The number of nitrogens with zero attached hydrogens (tertiary/aromatic N) is 2. The van der Waals surface area contributed by atoms with Crippen LogP contribution in [0.25, 0.3) is 10.9 Å². The summed E-state index contributed by atoms with van der Waals surface area (Å²) in [6.07, 6.45) is -4.68. The maximum Gasteiger partial charge on any atom is 0.451 e. The number of aromatic nitrogens is 2. The maximum atomic E-state index is 12.8. The van der Waals surface area contributed by atoms with E-state index in [0.29, 0.717) is 5.39 Å². The second-order valence-electron chi connectivity index (χ2n) is 4.39. The monoisotopic (exact) mass is 344 g/mol. The van der Waals surface area contributed by atoms with Gasteiger partial charge in [-0.1, -0.05) is 30.0 Å². The first-order chi connectivity index (χ1) is 10.8. The summed E-state index contributed by atoms with van der Waals surface area (Å²) in [5.41, 5.74) is 4.35. The maximum absolute atomic E-state index is 12.8. The highest BCUT2D eigenvalue weighted by atomic mass is 32.2. The Morgan fingerprint density at radius 3 is 2.52 bits per heavy atom. The number of alkyl halides is 3. The van der Waals surface area contributed by atoms with Gasteiger partial charge in [-0.2, -0.15) is 13.2 Å². The molecule has 0 aliphatic carbocycles. The third kappa shape index (κ3) is 4.55. The lowest BCUT2D eigenvalue weighted by molar-refractivity contribution is -0.145. The Labute approximate surface area is 132 Å². The highest BCUT2D eigenvalue weighted by molar-refractivity contribution is 8.00. The second-order valence-corrected chi connectivity index (χ2v) is 5.35. The van der Waals surface area contributed by atoms with Crippen molar-refractivity contribution in [1.82, 2.24) is 20.8 Å². The lowest BCUT2D eigenvalue weighted by atomic mass is 10.2. The zero-order valence-electron chi connectivity index (χ0n) is 11.8. The first-order valence-corrected chi connectivity index (χ1v) is 7.28. The summed E-state index contributed by atoms with van der Waals surface area (Å²) in [7, 11) is 0. The molecule has 0 fully saturated rings. The molecule has 0 bridgehead atoms. The first-order valence-electron chi connectivity index (χ1n) is 6.29. The Hall–Kier alpha value is -2.36. The minimum Gasteiger partial charge on any atom is -0.274 e. The number of benzene rings is 1. The number of thioether (sulfide) groups is 1. The third-order valence-electron chi connectivity index (χ3n) is 2.54. The molecule has 1 aromatic carbocycles. The molecule has 2 aromatic rings. The van der Waals surface area contributed by atoms with Crippen LogP contribution >= 0.6 is 11.8 Å². The largest absolute Gasteiger partial charge is 0.451 e. The van der Waals surface area contributed by atoms with Crippen molar-refractivity contribution < 1.29 is 22.8 Å². The number of nitrogens with one attached hydrogen (secondary N) is 2. The number of hydrazine groups is 1. The van der Waals surface area contributed by atoms with E-state index in [1.807, 2.05) is 0 Å². The molecule has 0 saturated carbocycles. The van der Waals surface area contributed by atoms with E-state index in [0.717, 1.165) is 11.8 Å². The van der Waals surface area contributed by atoms with Crippen LogP contribution in [0.4, 0.5) is 13.2 Å². The summed E-state index contributed by atoms with van der Waals surface area (Å²) < 4.78 is 38.5. The molecular formula is C13H11F3N4O2S. The van der Waals surface area contributed by atoms with Gasteiger partial charge in [0, 0.05) is 12.3 Å². The number of hydrogen-bond donors (Lipinski definition) is 2. The number of para-hydroxylation sites is 1. The van der Waals surface area contributed by atoms with Crippen molar-refractivity contribution in [3.8, 4) is 0 Å². The molecule has 0 spiro atoms. The van der Waals surface area contributed by atoms with Gasteiger partial charge in [0.15, 0.2) is 0 Å². The Balaban J connectivity index is 2.25. The lowest BCUT2D eigenvalue weighted by Crippen LogP contribution is -2.41. The molecule has 6 nitrogen and oxygen atoms in total. The quantitative estimate of drug-likeness (QED) is 0.505. The average Bonchev–Trinajstić information content (AvgIpc) is 2.49. The molecule has 2 amide bonds. The normalized spacial score (nSPS) is 11.3. The fraction of sp³-hybridized carbons (Fsp3) is 0.231. The topological polar surface area (TPSA) is 84.0 Å². The average molecular weight is 344 g/mol. The van der Waals surface area contributed by atoms with E-state index in [1.165, 1.54) is 13.0 Å². The van der Waals surface area contributed by atoms with Crippen molar-refractivity contribution in [2.75, 3.05) is 5.75 Å². The highest BCUT2D eigenvalue weighted by Gasteiger charge is 2.35. The number of hydrogen-bond acceptors (Lipinski definition) is 5. The summed E-state index contributed by atoms with van der Waals surface area (Å²) in [4.78, 5) is 29.2. The van der Waals surface area contributed by atoms with Gasteiger partial charge in [0.1, 0.15) is 5.03 Å². The zero-order valence-corrected chi connectivity index (χ0v) is 12.6. The van der Waals surface area contributed by atoms with Crippen molar-refractivity contribution in [3.05, 3.63) is 30.1 Å². The van der Waals surface area contributed by atoms with Gasteiger partial charge in [-0.15, -0.1) is 0 Å². The van der Waals surface area contributed by atoms with E-state index in [1.54, 1.807) is 18.2 Å². The molecule has 0 saturated heterocycles. The Morgan fingerprint density at radius 2 is 1.87 bits per heavy atom. The van der Waals surface area contributed by atoms with Crippen LogP contribution in [-0.4, -0.2) is 27.5 Å². The summed E-state index contributed by atoms with van der Waals surface area (Å²) in [5, 5.41) is 0.457. The molecule has 1 aromatic heterocycles. The van der Waals surface area contributed by atoms with Crippen LogP contribution in [0.5, 0.6) is 0 Å². The molecule has 0 aliphatic rings. The van der Waals surface area contributed by atoms with Gasteiger partial charge in [0.05, 0.1) is 11.3 Å². The van der Waals surface area contributed by atoms with E-state index < -0.39 is 23.8 Å². The van der Waals surface area contributed by atoms with Gasteiger partial charge in [-0.05, 0) is 6.07 Å². The minimum absolute atomic E-state index is 0.0425. The van der Waals surface area contributed by atoms with E-state index in [-0.39, 0.29) is 16.3 Å². The van der Waals surface area contributed by atoms with Crippen LogP contribution in [0.3, 0.4) is 0 Å². The van der Waals surface area contributed by atoms with Crippen molar-refractivity contribution in [1.29, 1.82) is 0 Å². The second kappa shape index (κ2) is 6.82. The summed E-state index contributed by atoms with van der Waals surface area (Å²) in [6.45, 7) is 1.21. The van der Waals surface area contributed by atoms with E-state index >= 15 is 0 Å². The minimum atomic E-state index is -4.68. The van der Waals surface area contributed by atoms with Crippen LogP contribution in [-0.2, 0) is 15.8 Å². The molecule has 0 atom stereocenters. The van der Waals surface area contributed by atoms with Crippen LogP contribution in [0.15, 0.2) is 29.3 Å². The van der Waals surface area contributed by atoms with Gasteiger partial charge < -0.3 is 0 Å². The molecule has 0 aliphatic heterocycles. The predicted molar refractivity (Wildman–Crippen MR) is 77.2 cm³/mol. The Bertz CT molecular complexity index is 752. The van der Waals surface area contributed by atoms with Crippen LogP contribution < -0.4 is 10.9 Å². The standard InChI is InChI=1S/C13H11F3N4O2S/c1-7(21)19-20-10(22)6-23-11-8-4-2-3-5-9(8)17-12(18-11)13(14,15)16/h2-5H,6H2,1H3,(H,19,21)(H,20,22). The van der Waals surface area contributed by atoms with Gasteiger partial charge >= 0.3 is 6.18 Å². The van der Waals surface area contributed by atoms with E-state index in [2.05, 4.69) is 20.8 Å². The van der Waals surface area contributed by atoms with E-state index in [4.69, 9.17) is 0 Å². The molecule has 10 heteroatoms. The predicted octanol–water partition coefficient (Wildman–Crippen LogP) is 1.91. The summed E-state index contributed by atoms with van der Waals surface area (Å²) in [6, 6.07) is 6.21. The number of carbonyl (C=O) groups excluding carboxylic acids is 2. The smallest absolute Gasteiger partial charge is 0.274 e. The van der Waals surface area contributed by atoms with Crippen LogP contribution in [0.1, 0.15) is 12.7 Å². The highest BCUT2D eigenvalue weighted by Crippen LogP contribution is 2.31. The van der Waals surface area contributed by atoms with Crippen molar-refractivity contribution in [3.63, 3.8) is 0 Å². The van der Waals surface area contributed by atoms with Crippen molar-refractivity contribution in [2.45, 2.75) is 18.1 Å². The fourth-order valence-corrected chi connectivity index (χ4v) is 2.43. The molecule has 2 N–H and O–H groups in total. The van der Waals surface area contributed by atoms with Crippen molar-refractivity contribution >= 4 is 34.5 Å². The first kappa shape index (κ1) is 17.0. The summed E-state index contributed by atoms with van der Waals surface area (Å²) >= 11 is 0.826. The van der Waals surface area contributed by atoms with Gasteiger partial charge in [-0.25, -0.2) is 9.97 Å². The van der Waals surface area contributed by atoms with Crippen molar-refractivity contribution in [2.24, 2.45) is 0 Å². The fourth-order valence-electron chi connectivity index (χ4n) is 1.61. The number of amides is 2. The van der Waals surface area contributed by atoms with Crippen LogP contribution in [0, 0.1) is 0 Å². The lowest BCUT2D eigenvalue weighted by Gasteiger charge is -2.10. The molecule has 0 radical (unpaired) electrons. The molecular weight excluding hydrogens is 333 g/mol. The number of fused-ring (bicyclic) bond motifs is 1. The molecule has 2 rings (SSSR count). The molecule has 1 heterocycles. The van der Waals surface area contributed by atoms with Gasteiger partial charge in [0.2, 0.25) is 17.6 Å². The van der Waals surface area contributed by atoms with Gasteiger partial charge in [-0.3, -0.25) is 20.4 Å². The Morgan fingerprint density at radius 1 is 1.17 bits per heavy atom. The third-order valence-corrected chi connectivity index (χ3v) is 3.53. The molecule has 122 valence electrons. The number of halogens is 3. The molecule has 23 heavy (non-hydrogen) atoms. The van der Waals surface area contributed by atoms with Gasteiger partial charge in [0.25, 0.3) is 0 Å². The summed E-state index contributed by atoms with van der Waals surface area (Å²) in [5.74, 6) is -2.50. The number of rotatable bonds is 3.